The van der Waals surface area contributed by atoms with Crippen molar-refractivity contribution in [3.05, 3.63) is 11.6 Å². The molecule has 14 N–H and O–H groups in total. The molecule has 4 aliphatic heterocycles. The summed E-state index contributed by atoms with van der Waals surface area (Å²) in [6.45, 7) is 12.9. The van der Waals surface area contributed by atoms with Gasteiger partial charge in [0.2, 0.25) is 0 Å². The number of ether oxygens (including phenoxy) is 8. The van der Waals surface area contributed by atoms with E-state index in [1.807, 2.05) is 6.92 Å². The number of rotatable bonds is 16. The molecule has 8 aliphatic rings. The normalized spacial score (nSPS) is 52.1. The molecular weight excluding hydrogens is 989 g/mol. The number of fused-ring (bicyclic) bond motifs is 5. The van der Waals surface area contributed by atoms with E-state index in [0.29, 0.717) is 38.5 Å². The van der Waals surface area contributed by atoms with Crippen LogP contribution in [-0.2, 0) is 37.9 Å². The van der Waals surface area contributed by atoms with E-state index in [2.05, 4.69) is 47.6 Å². The van der Waals surface area contributed by atoms with Gasteiger partial charge in [-0.1, -0.05) is 46.3 Å². The van der Waals surface area contributed by atoms with Gasteiger partial charge >= 0.3 is 0 Å². The first kappa shape index (κ1) is 60.0. The highest BCUT2D eigenvalue weighted by molar-refractivity contribution is 5.17. The first-order valence-electron chi connectivity index (χ1n) is 27.5. The Balaban J connectivity index is 0.998. The van der Waals surface area contributed by atoms with Gasteiger partial charge in [-0.2, -0.15) is 0 Å². The summed E-state index contributed by atoms with van der Waals surface area (Å²) in [5.74, 6) is -0.0559. The lowest BCUT2D eigenvalue weighted by molar-refractivity contribution is -0.378. The zero-order chi connectivity index (χ0) is 54.9. The molecule has 4 heterocycles. The van der Waals surface area contributed by atoms with E-state index in [9.17, 15) is 71.5 Å². The van der Waals surface area contributed by atoms with Crippen molar-refractivity contribution in [2.24, 2.45) is 45.8 Å². The molecule has 0 aromatic carbocycles. The van der Waals surface area contributed by atoms with Crippen molar-refractivity contribution in [2.75, 3.05) is 26.4 Å². The predicted octanol–water partition coefficient (Wildman–Crippen LogP) is -1.56. The fourth-order valence-electron chi connectivity index (χ4n) is 15.6. The molecule has 6 unspecified atom stereocenters. The van der Waals surface area contributed by atoms with E-state index in [0.717, 1.165) is 25.7 Å². The summed E-state index contributed by atoms with van der Waals surface area (Å²) in [7, 11) is 0. The van der Waals surface area contributed by atoms with Crippen molar-refractivity contribution in [1.82, 2.24) is 0 Å². The molecule has 0 radical (unpaired) electrons. The highest BCUT2D eigenvalue weighted by Crippen LogP contribution is 2.71. The smallest absolute Gasteiger partial charge is 0.187 e. The van der Waals surface area contributed by atoms with E-state index in [4.69, 9.17) is 37.9 Å². The highest BCUT2D eigenvalue weighted by atomic mass is 16.8. The molecule has 22 heteroatoms. The number of hydrogen-bond donors (Lipinski definition) is 14. The van der Waals surface area contributed by atoms with Crippen molar-refractivity contribution < 1.29 is 109 Å². The molecular formula is C53H90O22. The second-order valence-electron chi connectivity index (χ2n) is 24.8. The molecule has 4 saturated heterocycles. The predicted molar refractivity (Wildman–Crippen MR) is 260 cm³/mol. The van der Waals surface area contributed by atoms with Crippen LogP contribution in [-0.4, -0.2) is 232 Å². The topological polar surface area (TPSA) is 357 Å². The molecule has 8 rings (SSSR count). The van der Waals surface area contributed by atoms with Crippen molar-refractivity contribution in [2.45, 2.75) is 247 Å². The molecule has 0 aromatic heterocycles. The number of hydrogen-bond acceptors (Lipinski definition) is 22. The Morgan fingerprint density at radius 3 is 1.85 bits per heavy atom. The summed E-state index contributed by atoms with van der Waals surface area (Å²) in [5, 5.41) is 151. The fraction of sp³-hybridized carbons (Fsp3) is 0.962. The van der Waals surface area contributed by atoms with Crippen LogP contribution in [0.3, 0.4) is 0 Å². The first-order chi connectivity index (χ1) is 35.3. The third-order valence-electron chi connectivity index (χ3n) is 20.2. The summed E-state index contributed by atoms with van der Waals surface area (Å²) < 4.78 is 48.7. The maximum Gasteiger partial charge on any atom is 0.187 e. The number of allylic oxidation sites excluding steroid dienone is 2. The van der Waals surface area contributed by atoms with Crippen molar-refractivity contribution >= 4 is 0 Å². The van der Waals surface area contributed by atoms with Crippen molar-refractivity contribution in [3.8, 4) is 0 Å². The Bertz CT molecular complexity index is 1910. The third kappa shape index (κ3) is 11.1. The lowest BCUT2D eigenvalue weighted by Crippen LogP contribution is -2.66. The van der Waals surface area contributed by atoms with Gasteiger partial charge in [-0.25, -0.2) is 0 Å². The Morgan fingerprint density at radius 1 is 0.613 bits per heavy atom. The van der Waals surface area contributed by atoms with Crippen LogP contribution < -0.4 is 0 Å². The molecule has 0 aromatic rings. The highest BCUT2D eigenvalue weighted by Gasteiger charge is 2.68. The monoisotopic (exact) mass is 1080 g/mol. The average molecular weight is 1080 g/mol. The molecule has 4 saturated carbocycles. The van der Waals surface area contributed by atoms with Gasteiger partial charge in [-0.3, -0.25) is 0 Å². The van der Waals surface area contributed by atoms with Gasteiger partial charge in [-0.05, 0) is 124 Å². The first-order valence-corrected chi connectivity index (χ1v) is 27.5. The minimum Gasteiger partial charge on any atom is -0.394 e. The van der Waals surface area contributed by atoms with Gasteiger partial charge in [-0.15, -0.1) is 0 Å². The maximum absolute atomic E-state index is 12.7. The Labute approximate surface area is 439 Å². The van der Waals surface area contributed by atoms with E-state index in [1.165, 1.54) is 5.57 Å². The van der Waals surface area contributed by atoms with Crippen molar-refractivity contribution in [3.63, 3.8) is 0 Å². The summed E-state index contributed by atoms with van der Waals surface area (Å²) in [6.07, 6.45) is -21.4. The number of aliphatic hydroxyl groups excluding tert-OH is 14. The lowest BCUT2D eigenvalue weighted by Gasteiger charge is -2.66. The van der Waals surface area contributed by atoms with Crippen LogP contribution in [0.25, 0.3) is 0 Å². The van der Waals surface area contributed by atoms with Crippen molar-refractivity contribution in [1.29, 1.82) is 0 Å². The minimum absolute atomic E-state index is 0.0718. The van der Waals surface area contributed by atoms with Crippen LogP contribution in [0.4, 0.5) is 0 Å². The summed E-state index contributed by atoms with van der Waals surface area (Å²) in [6, 6.07) is 0. The largest absolute Gasteiger partial charge is 0.394 e. The van der Waals surface area contributed by atoms with Gasteiger partial charge in [0.25, 0.3) is 0 Å². The molecule has 0 spiro atoms. The summed E-state index contributed by atoms with van der Waals surface area (Å²) in [5.41, 5.74) is -0.983. The second-order valence-corrected chi connectivity index (χ2v) is 24.8. The standard InChI is InChI=1S/C53H90O22/c1-8-23(2)10-9-15-53(7,75-48-44(67)40(63)38(61)31(72-48)22-69-46-42(65)35(58)28(57)21-68-46)25-13-16-52(6)24-11-12-32-50(3,4)33(14-17-51(32,5)26(24)18-27(56)34(25)52)73-49-45(41(64)37(60)30(20-55)71-49)74-47-43(66)39(62)36(59)29(19-54)70-47/h10,24-49,54-67H,8-9,11-22H2,1-7H3/b23-10+/t24?,25?,26?,27-,28+,29+,30+,31+,32?,33?,34?,35-,36+,37+,38+,39-,40+,41-,42+,43+,44+,45+,46-,47-,48-,49-,51+,52+,53+/m0/s1. The lowest BCUT2D eigenvalue weighted by atomic mass is 9.39. The van der Waals surface area contributed by atoms with Gasteiger partial charge < -0.3 is 109 Å². The van der Waals surface area contributed by atoms with Crippen LogP contribution in [0, 0.1) is 45.8 Å². The molecule has 4 aliphatic carbocycles. The van der Waals surface area contributed by atoms with Crippen LogP contribution >= 0.6 is 0 Å². The van der Waals surface area contributed by atoms with Crippen LogP contribution in [0.15, 0.2) is 11.6 Å². The zero-order valence-electron chi connectivity index (χ0n) is 44.5. The maximum atomic E-state index is 12.7. The summed E-state index contributed by atoms with van der Waals surface area (Å²) >= 11 is 0. The fourth-order valence-corrected chi connectivity index (χ4v) is 15.6. The Hall–Kier alpha value is -1.14. The molecule has 8 fully saturated rings. The average Bonchev–Trinajstić information content (AvgIpc) is 3.78. The minimum atomic E-state index is -1.81. The van der Waals surface area contributed by atoms with Gasteiger partial charge in [0, 0.05) is 0 Å². The van der Waals surface area contributed by atoms with E-state index >= 15 is 0 Å². The quantitative estimate of drug-likeness (QED) is 0.0614. The Kier molecular flexibility index (Phi) is 18.7. The third-order valence-corrected chi connectivity index (χ3v) is 20.2. The van der Waals surface area contributed by atoms with Crippen LogP contribution in [0.1, 0.15) is 113 Å². The van der Waals surface area contributed by atoms with E-state index in [1.54, 1.807) is 0 Å². The molecule has 29 atom stereocenters. The van der Waals surface area contributed by atoms with Gasteiger partial charge in [0.15, 0.2) is 25.2 Å². The molecule has 434 valence electrons. The second kappa shape index (κ2) is 23.4. The molecule has 22 nitrogen and oxygen atoms in total. The van der Waals surface area contributed by atoms with E-state index in [-0.39, 0.29) is 47.0 Å². The van der Waals surface area contributed by atoms with Gasteiger partial charge in [0.05, 0.1) is 44.2 Å². The molecule has 0 bridgehead atoms. The SMILES string of the molecule is CC/C(C)=C/CC[C@@](C)(O[C@@H]1O[C@H](CO[C@@H]2OC[C@@H](O)[C@H](O)[C@H]2O)[C@@H](O)[C@@H](O)[C@H]1O)C1CC[C@]2(C)C3CCC4C(C)(C)C(O[C@@H]5O[C@H](CO)[C@@H](O)[C@H](O)[C@H]5O[C@@H]5O[C@H](CO)[C@@H](O)[C@H](O)[C@H]5O)CC[C@]4(C)C3C[C@H](O)C12. The Morgan fingerprint density at radius 2 is 1.20 bits per heavy atom. The van der Waals surface area contributed by atoms with E-state index < -0.39 is 160 Å². The van der Waals surface area contributed by atoms with Gasteiger partial charge in [0.1, 0.15) is 91.6 Å². The molecule has 75 heavy (non-hydrogen) atoms. The van der Waals surface area contributed by atoms with Crippen LogP contribution in [0.5, 0.6) is 0 Å². The molecule has 0 amide bonds. The summed E-state index contributed by atoms with van der Waals surface area (Å²) in [4.78, 5) is 0. The zero-order valence-corrected chi connectivity index (χ0v) is 44.5. The number of aliphatic hydroxyl groups is 14. The van der Waals surface area contributed by atoms with Crippen LogP contribution in [0.2, 0.25) is 0 Å².